The largest absolute Gasteiger partial charge is 0.459 e. The van der Waals surface area contributed by atoms with Gasteiger partial charge in [-0.3, -0.25) is 0 Å². The summed E-state index contributed by atoms with van der Waals surface area (Å²) in [4.78, 5) is 10.8. The summed E-state index contributed by atoms with van der Waals surface area (Å²) in [5, 5.41) is 0. The van der Waals surface area contributed by atoms with Gasteiger partial charge in [-0.25, -0.2) is 13.2 Å². The first-order chi connectivity index (χ1) is 7.56. The smallest absolute Gasteiger partial charge is 0.384 e. The number of carbonyl (C=O) groups excluding carboxylic acids is 1. The SMILES string of the molecule is COC(=O)C#CCS(=O)(=O)c1ccccc1. The van der Waals surface area contributed by atoms with Crippen molar-refractivity contribution in [3.8, 4) is 11.8 Å². The predicted octanol–water partition coefficient (Wildman–Crippen LogP) is 0.637. The van der Waals surface area contributed by atoms with E-state index in [1.807, 2.05) is 0 Å². The fourth-order valence-corrected chi connectivity index (χ4v) is 1.97. The van der Waals surface area contributed by atoms with Crippen LogP contribution in [0.1, 0.15) is 0 Å². The molecule has 0 unspecified atom stereocenters. The standard InChI is InChI=1S/C11H10O4S/c1-15-11(12)8-5-9-16(13,14)10-6-3-2-4-7-10/h2-4,6-7H,9H2,1H3. The van der Waals surface area contributed by atoms with Crippen LogP contribution in [0.3, 0.4) is 0 Å². The van der Waals surface area contributed by atoms with Crippen LogP contribution in [0.15, 0.2) is 35.2 Å². The second kappa shape index (κ2) is 5.33. The molecule has 0 bridgehead atoms. The number of hydrogen-bond donors (Lipinski definition) is 0. The van der Waals surface area contributed by atoms with E-state index in [1.54, 1.807) is 18.2 Å². The monoisotopic (exact) mass is 238 g/mol. The van der Waals surface area contributed by atoms with E-state index in [2.05, 4.69) is 16.6 Å². The van der Waals surface area contributed by atoms with E-state index in [0.717, 1.165) is 0 Å². The number of carbonyl (C=O) groups is 1. The fraction of sp³-hybridized carbons (Fsp3) is 0.182. The van der Waals surface area contributed by atoms with Gasteiger partial charge in [0.05, 0.1) is 12.0 Å². The minimum absolute atomic E-state index is 0.189. The van der Waals surface area contributed by atoms with Gasteiger partial charge < -0.3 is 4.74 Å². The minimum atomic E-state index is -3.45. The number of benzene rings is 1. The molecule has 4 nitrogen and oxygen atoms in total. The molecule has 0 aromatic heterocycles. The minimum Gasteiger partial charge on any atom is -0.459 e. The first kappa shape index (κ1) is 12.3. The Morgan fingerprint density at radius 1 is 1.31 bits per heavy atom. The predicted molar refractivity (Wildman–Crippen MR) is 58.3 cm³/mol. The highest BCUT2D eigenvalue weighted by atomic mass is 32.2. The number of esters is 1. The first-order valence-electron chi connectivity index (χ1n) is 4.41. The number of hydrogen-bond acceptors (Lipinski definition) is 4. The Labute approximate surface area is 94.2 Å². The quantitative estimate of drug-likeness (QED) is 0.431. The first-order valence-corrected chi connectivity index (χ1v) is 6.06. The molecule has 0 heterocycles. The maximum absolute atomic E-state index is 11.6. The normalized spacial score (nSPS) is 10.1. The van der Waals surface area contributed by atoms with Crippen molar-refractivity contribution < 1.29 is 17.9 Å². The lowest BCUT2D eigenvalue weighted by molar-refractivity contribution is -0.133. The number of sulfone groups is 1. The zero-order valence-corrected chi connectivity index (χ0v) is 9.45. The van der Waals surface area contributed by atoms with Gasteiger partial charge in [0.25, 0.3) is 0 Å². The Hall–Kier alpha value is -1.80. The maximum Gasteiger partial charge on any atom is 0.384 e. The molecule has 0 aliphatic carbocycles. The van der Waals surface area contributed by atoms with Crippen LogP contribution >= 0.6 is 0 Å². The molecule has 16 heavy (non-hydrogen) atoms. The average Bonchev–Trinajstić information content (AvgIpc) is 2.30. The van der Waals surface area contributed by atoms with Crippen molar-refractivity contribution in [3.05, 3.63) is 30.3 Å². The Morgan fingerprint density at radius 3 is 2.50 bits per heavy atom. The summed E-state index contributed by atoms with van der Waals surface area (Å²) in [7, 11) is -2.26. The van der Waals surface area contributed by atoms with Crippen LogP contribution in [0.4, 0.5) is 0 Å². The molecule has 1 aromatic rings. The van der Waals surface area contributed by atoms with Crippen molar-refractivity contribution in [2.45, 2.75) is 4.90 Å². The van der Waals surface area contributed by atoms with Gasteiger partial charge in [0, 0.05) is 5.92 Å². The van der Waals surface area contributed by atoms with E-state index in [-0.39, 0.29) is 4.90 Å². The lowest BCUT2D eigenvalue weighted by Crippen LogP contribution is -2.05. The van der Waals surface area contributed by atoms with Crippen molar-refractivity contribution in [2.75, 3.05) is 12.9 Å². The highest BCUT2D eigenvalue weighted by Gasteiger charge is 2.11. The zero-order chi connectivity index (χ0) is 12.0. The summed E-state index contributed by atoms with van der Waals surface area (Å²) >= 11 is 0. The van der Waals surface area contributed by atoms with Crippen LogP contribution in [0.25, 0.3) is 0 Å². The van der Waals surface area contributed by atoms with E-state index in [1.165, 1.54) is 19.2 Å². The number of methoxy groups -OCH3 is 1. The summed E-state index contributed by atoms with van der Waals surface area (Å²) in [6, 6.07) is 7.94. The molecule has 1 rings (SSSR count). The zero-order valence-electron chi connectivity index (χ0n) is 8.64. The van der Waals surface area contributed by atoms with Gasteiger partial charge in [0.1, 0.15) is 5.75 Å². The molecule has 0 saturated carbocycles. The van der Waals surface area contributed by atoms with Crippen LogP contribution in [0.2, 0.25) is 0 Å². The molecule has 84 valence electrons. The summed E-state index contributed by atoms with van der Waals surface area (Å²) < 4.78 is 27.6. The van der Waals surface area contributed by atoms with Crippen LogP contribution in [-0.2, 0) is 19.4 Å². The third-order valence-electron chi connectivity index (χ3n) is 1.74. The van der Waals surface area contributed by atoms with E-state index in [9.17, 15) is 13.2 Å². The lowest BCUT2D eigenvalue weighted by Gasteiger charge is -1.98. The Morgan fingerprint density at radius 2 is 1.94 bits per heavy atom. The van der Waals surface area contributed by atoms with E-state index >= 15 is 0 Å². The van der Waals surface area contributed by atoms with Gasteiger partial charge in [-0.15, -0.1) is 0 Å². The molecule has 0 fully saturated rings. The topological polar surface area (TPSA) is 60.4 Å². The molecule has 0 saturated heterocycles. The van der Waals surface area contributed by atoms with Crippen molar-refractivity contribution >= 4 is 15.8 Å². The maximum atomic E-state index is 11.6. The fourth-order valence-electron chi connectivity index (χ4n) is 0.965. The summed E-state index contributed by atoms with van der Waals surface area (Å²) in [6.07, 6.45) is 0. The summed E-state index contributed by atoms with van der Waals surface area (Å²) in [5.74, 6) is 3.19. The third-order valence-corrected chi connectivity index (χ3v) is 3.26. The van der Waals surface area contributed by atoms with Gasteiger partial charge in [0.15, 0.2) is 9.84 Å². The van der Waals surface area contributed by atoms with Crippen LogP contribution in [-0.4, -0.2) is 27.2 Å². The lowest BCUT2D eigenvalue weighted by atomic mass is 10.4. The van der Waals surface area contributed by atoms with E-state index < -0.39 is 21.6 Å². The summed E-state index contributed by atoms with van der Waals surface area (Å²) in [5.41, 5.74) is 0. The summed E-state index contributed by atoms with van der Waals surface area (Å²) in [6.45, 7) is 0. The highest BCUT2D eigenvalue weighted by molar-refractivity contribution is 7.91. The molecule has 0 amide bonds. The molecule has 0 aliphatic heterocycles. The molecule has 0 aliphatic rings. The van der Waals surface area contributed by atoms with Crippen molar-refractivity contribution in [3.63, 3.8) is 0 Å². The van der Waals surface area contributed by atoms with Crippen molar-refractivity contribution in [1.82, 2.24) is 0 Å². The van der Waals surface area contributed by atoms with Crippen molar-refractivity contribution in [1.29, 1.82) is 0 Å². The Bertz CT molecular complexity index is 520. The van der Waals surface area contributed by atoms with Gasteiger partial charge in [-0.05, 0) is 12.1 Å². The third kappa shape index (κ3) is 3.41. The molecule has 5 heteroatoms. The number of rotatable bonds is 2. The van der Waals surface area contributed by atoms with E-state index in [4.69, 9.17) is 0 Å². The molecule has 0 radical (unpaired) electrons. The van der Waals surface area contributed by atoms with Gasteiger partial charge >= 0.3 is 5.97 Å². The van der Waals surface area contributed by atoms with E-state index in [0.29, 0.717) is 0 Å². The molecular weight excluding hydrogens is 228 g/mol. The number of ether oxygens (including phenoxy) is 1. The Balaban J connectivity index is 2.81. The second-order valence-electron chi connectivity index (χ2n) is 2.87. The molecular formula is C11H10O4S. The molecule has 0 atom stereocenters. The average molecular weight is 238 g/mol. The van der Waals surface area contributed by atoms with Crippen LogP contribution in [0.5, 0.6) is 0 Å². The Kier molecular flexibility index (Phi) is 4.09. The van der Waals surface area contributed by atoms with Gasteiger partial charge in [-0.1, -0.05) is 24.1 Å². The molecule has 1 aromatic carbocycles. The van der Waals surface area contributed by atoms with Crippen LogP contribution in [0, 0.1) is 11.8 Å². The molecule has 0 spiro atoms. The van der Waals surface area contributed by atoms with Crippen LogP contribution < -0.4 is 0 Å². The highest BCUT2D eigenvalue weighted by Crippen LogP contribution is 2.08. The van der Waals surface area contributed by atoms with Gasteiger partial charge in [-0.2, -0.15) is 0 Å². The molecule has 0 N–H and O–H groups in total. The van der Waals surface area contributed by atoms with Crippen molar-refractivity contribution in [2.24, 2.45) is 0 Å². The van der Waals surface area contributed by atoms with Gasteiger partial charge in [0.2, 0.25) is 0 Å². The second-order valence-corrected chi connectivity index (χ2v) is 4.86.